The first kappa shape index (κ1) is 21.4. The van der Waals surface area contributed by atoms with Crippen LogP contribution >= 0.6 is 0 Å². The summed E-state index contributed by atoms with van der Waals surface area (Å²) in [5.74, 6) is -5.40. The summed E-state index contributed by atoms with van der Waals surface area (Å²) < 4.78 is 132. The van der Waals surface area contributed by atoms with Crippen LogP contribution in [0.4, 0.5) is 52.7 Å². The van der Waals surface area contributed by atoms with Gasteiger partial charge in [0.25, 0.3) is 0 Å². The Balaban J connectivity index is 0. The Hall–Kier alpha value is -0.920. The van der Waals surface area contributed by atoms with Crippen molar-refractivity contribution >= 4 is 0 Å². The van der Waals surface area contributed by atoms with E-state index in [0.29, 0.717) is 0 Å². The van der Waals surface area contributed by atoms with E-state index in [1.165, 1.54) is 0 Å². The largest absolute Gasteiger partial charge is 0.454 e. The second-order valence-electron chi connectivity index (χ2n) is 2.96. The Labute approximate surface area is 101 Å². The molecule has 0 aromatic heterocycles. The van der Waals surface area contributed by atoms with Crippen molar-refractivity contribution < 1.29 is 62.9 Å². The molecule has 2 N–H and O–H groups in total. The van der Waals surface area contributed by atoms with Crippen molar-refractivity contribution in [2.75, 3.05) is 0 Å². The van der Waals surface area contributed by atoms with Gasteiger partial charge in [0.1, 0.15) is 0 Å². The molecule has 1 unspecified atom stereocenters. The highest BCUT2D eigenvalue weighted by molar-refractivity contribution is 4.77. The minimum atomic E-state index is -5.94. The van der Waals surface area contributed by atoms with Crippen molar-refractivity contribution in [3.63, 3.8) is 0 Å². The molecule has 2 nitrogen and oxygen atoms in total. The molecule has 1 atom stereocenters. The molecule has 0 aliphatic heterocycles. The van der Waals surface area contributed by atoms with Crippen LogP contribution in [0.2, 0.25) is 0 Å². The van der Waals surface area contributed by atoms with Crippen molar-refractivity contribution in [3.8, 4) is 0 Å². The van der Waals surface area contributed by atoms with Gasteiger partial charge in [0.15, 0.2) is 0 Å². The lowest BCUT2D eigenvalue weighted by atomic mass is 10.3. The van der Waals surface area contributed by atoms with Crippen LogP contribution in [0.5, 0.6) is 0 Å². The molecule has 0 bridgehead atoms. The lowest BCUT2D eigenvalue weighted by Crippen LogP contribution is -2.47. The molecule has 20 heavy (non-hydrogen) atoms. The fourth-order valence-electron chi connectivity index (χ4n) is 0.309. The smallest absolute Gasteiger partial charge is 0.377 e. The standard InChI is InChI=1S/2C3H2F6O/c4-1(5)2(6,10)3(7,8)9;4-2(5,6)1(10)3(7,8)9/h2*1,10H. The van der Waals surface area contributed by atoms with Gasteiger partial charge in [-0.1, -0.05) is 0 Å². The van der Waals surface area contributed by atoms with Gasteiger partial charge in [-0.15, -0.1) is 0 Å². The highest BCUT2D eigenvalue weighted by Gasteiger charge is 2.62. The summed E-state index contributed by atoms with van der Waals surface area (Å²) in [6.07, 6.45) is -25.9. The molecule has 14 heteroatoms. The van der Waals surface area contributed by atoms with E-state index >= 15 is 0 Å². The summed E-state index contributed by atoms with van der Waals surface area (Å²) >= 11 is 0. The van der Waals surface area contributed by atoms with Gasteiger partial charge in [-0.05, 0) is 0 Å². The third-order valence-corrected chi connectivity index (χ3v) is 1.31. The molecule has 0 rings (SSSR count). The fraction of sp³-hybridized carbons (Fsp3) is 1.00. The topological polar surface area (TPSA) is 40.5 Å². The van der Waals surface area contributed by atoms with Gasteiger partial charge < -0.3 is 10.2 Å². The first-order valence-electron chi connectivity index (χ1n) is 3.92. The zero-order chi connectivity index (χ0) is 17.2. The zero-order valence-corrected chi connectivity index (χ0v) is 8.58. The molecular weight excluding hydrogens is 332 g/mol. The van der Waals surface area contributed by atoms with Crippen LogP contribution in [0.3, 0.4) is 0 Å². The van der Waals surface area contributed by atoms with Crippen LogP contribution in [-0.4, -0.2) is 47.1 Å². The Kier molecular flexibility index (Phi) is 6.67. The average Bonchev–Trinajstić information content (AvgIpc) is 2.12. The van der Waals surface area contributed by atoms with Gasteiger partial charge in [-0.2, -0.15) is 43.9 Å². The predicted molar refractivity (Wildman–Crippen MR) is 36.2 cm³/mol. The molecule has 0 saturated carbocycles. The van der Waals surface area contributed by atoms with Crippen molar-refractivity contribution in [3.05, 3.63) is 0 Å². The summed E-state index contributed by atoms with van der Waals surface area (Å²) in [5.41, 5.74) is 0. The Morgan fingerprint density at radius 3 is 0.900 bits per heavy atom. The average molecular weight is 336 g/mol. The van der Waals surface area contributed by atoms with Crippen molar-refractivity contribution in [1.29, 1.82) is 0 Å². The maximum absolute atomic E-state index is 11.4. The lowest BCUT2D eigenvalue weighted by Gasteiger charge is -2.20. The molecule has 0 saturated heterocycles. The fourth-order valence-corrected chi connectivity index (χ4v) is 0.309. The van der Waals surface area contributed by atoms with E-state index in [-0.39, 0.29) is 0 Å². The molecular formula is C6H4F12O2. The second kappa shape index (κ2) is 6.24. The van der Waals surface area contributed by atoms with E-state index in [0.717, 1.165) is 0 Å². The number of halogens is 12. The molecule has 0 aliphatic rings. The van der Waals surface area contributed by atoms with Crippen LogP contribution in [0.1, 0.15) is 0 Å². The van der Waals surface area contributed by atoms with Gasteiger partial charge >= 0.3 is 30.8 Å². The molecule has 0 radical (unpaired) electrons. The van der Waals surface area contributed by atoms with Crippen LogP contribution in [0, 0.1) is 0 Å². The number of rotatable bonds is 1. The van der Waals surface area contributed by atoms with Crippen LogP contribution in [0.15, 0.2) is 0 Å². The molecule has 0 spiro atoms. The molecule has 0 aliphatic carbocycles. The summed E-state index contributed by atoms with van der Waals surface area (Å²) in [6, 6.07) is 0. The van der Waals surface area contributed by atoms with E-state index in [4.69, 9.17) is 10.2 Å². The Morgan fingerprint density at radius 1 is 0.650 bits per heavy atom. The maximum atomic E-state index is 11.4. The second-order valence-corrected chi connectivity index (χ2v) is 2.96. The first-order valence-corrected chi connectivity index (χ1v) is 3.92. The summed E-state index contributed by atoms with van der Waals surface area (Å²) in [5, 5.41) is 14.9. The predicted octanol–water partition coefficient (Wildman–Crippen LogP) is 2.94. The summed E-state index contributed by atoms with van der Waals surface area (Å²) in [7, 11) is 0. The van der Waals surface area contributed by atoms with Gasteiger partial charge in [0.2, 0.25) is 6.10 Å². The van der Waals surface area contributed by atoms with Gasteiger partial charge in [-0.3, -0.25) is 0 Å². The number of alkyl halides is 12. The van der Waals surface area contributed by atoms with Crippen molar-refractivity contribution in [2.24, 2.45) is 0 Å². The van der Waals surface area contributed by atoms with Crippen LogP contribution in [0.25, 0.3) is 0 Å². The third-order valence-electron chi connectivity index (χ3n) is 1.31. The highest BCUT2D eigenvalue weighted by atomic mass is 19.4. The number of aliphatic hydroxyl groups excluding tert-OH is 1. The molecule has 124 valence electrons. The minimum absolute atomic E-state index is 4.24. The monoisotopic (exact) mass is 336 g/mol. The highest BCUT2D eigenvalue weighted by Crippen LogP contribution is 2.36. The quantitative estimate of drug-likeness (QED) is 0.723. The zero-order valence-electron chi connectivity index (χ0n) is 8.58. The lowest BCUT2D eigenvalue weighted by molar-refractivity contribution is -0.352. The van der Waals surface area contributed by atoms with Gasteiger partial charge in [-0.25, -0.2) is 8.78 Å². The summed E-state index contributed by atoms with van der Waals surface area (Å²) in [4.78, 5) is 0. The minimum Gasteiger partial charge on any atom is -0.377 e. The number of hydrogen-bond donors (Lipinski definition) is 2. The normalized spacial score (nSPS) is 16.8. The maximum Gasteiger partial charge on any atom is 0.454 e. The molecule has 0 heterocycles. The Morgan fingerprint density at radius 2 is 0.900 bits per heavy atom. The van der Waals surface area contributed by atoms with Crippen molar-refractivity contribution in [2.45, 2.75) is 36.9 Å². The molecule has 0 fully saturated rings. The molecule has 0 aromatic rings. The van der Waals surface area contributed by atoms with E-state index in [9.17, 15) is 52.7 Å². The van der Waals surface area contributed by atoms with E-state index in [2.05, 4.69) is 0 Å². The van der Waals surface area contributed by atoms with E-state index in [1.807, 2.05) is 0 Å². The van der Waals surface area contributed by atoms with Crippen molar-refractivity contribution in [1.82, 2.24) is 0 Å². The van der Waals surface area contributed by atoms with E-state index < -0.39 is 36.9 Å². The first-order chi connectivity index (χ1) is 8.35. The molecule has 0 amide bonds. The van der Waals surface area contributed by atoms with Crippen LogP contribution < -0.4 is 0 Å². The molecule has 0 aromatic carbocycles. The number of hydrogen-bond acceptors (Lipinski definition) is 2. The SMILES string of the molecule is OC(C(F)(F)F)C(F)(F)F.OC(F)(C(F)F)C(F)(F)F. The Bertz CT molecular complexity index is 272. The van der Waals surface area contributed by atoms with Gasteiger partial charge in [0.05, 0.1) is 0 Å². The number of aliphatic hydroxyl groups is 2. The van der Waals surface area contributed by atoms with Gasteiger partial charge in [0, 0.05) is 0 Å². The third kappa shape index (κ3) is 6.49. The van der Waals surface area contributed by atoms with E-state index in [1.54, 1.807) is 0 Å². The summed E-state index contributed by atoms with van der Waals surface area (Å²) in [6.45, 7) is 0. The van der Waals surface area contributed by atoms with Crippen LogP contribution in [-0.2, 0) is 0 Å².